The molecule has 30 heavy (non-hydrogen) atoms. The maximum absolute atomic E-state index is 13.2. The van der Waals surface area contributed by atoms with Crippen LogP contribution in [-0.4, -0.2) is 103 Å². The minimum atomic E-state index is -1.62. The van der Waals surface area contributed by atoms with Gasteiger partial charge >= 0.3 is 12.0 Å². The van der Waals surface area contributed by atoms with E-state index in [0.717, 1.165) is 19.3 Å². The van der Waals surface area contributed by atoms with Crippen molar-refractivity contribution in [1.29, 1.82) is 0 Å². The third-order valence-corrected chi connectivity index (χ3v) is 6.07. The average molecular weight is 424 g/mol. The Labute approximate surface area is 175 Å². The lowest BCUT2D eigenvalue weighted by Gasteiger charge is -2.36. The Bertz CT molecular complexity index is 678. The highest BCUT2D eigenvalue weighted by Crippen LogP contribution is 2.24. The van der Waals surface area contributed by atoms with E-state index in [9.17, 15) is 24.0 Å². The first-order chi connectivity index (χ1) is 14.5. The first-order valence-electron chi connectivity index (χ1n) is 10.7. The standard InChI is InChI=1S/C20H30N3O7/c24-13-6-16(25)23(11-4-1-5-12-23)20(28)30-17(18(26)21-7-2-3-8-21)19(27)22-9-14-29-15-10-22/h13,17H,1-12,14-15H2/q+1. The number of quaternary nitrogens is 1. The number of aldehydes is 1. The normalized spacial score (nSPS) is 22.3. The molecular formula is C20H30N3O7+. The molecule has 0 saturated carbocycles. The zero-order chi connectivity index (χ0) is 21.6. The lowest BCUT2D eigenvalue weighted by atomic mass is 10.1. The number of imide groups is 1. The smallest absolute Gasteiger partial charge is 0.396 e. The number of morpholine rings is 1. The molecule has 166 valence electrons. The Balaban J connectivity index is 1.83. The lowest BCUT2D eigenvalue weighted by Crippen LogP contribution is -2.62. The van der Waals surface area contributed by atoms with Gasteiger partial charge in [0.1, 0.15) is 12.7 Å². The molecule has 0 aromatic carbocycles. The molecule has 0 aromatic rings. The number of hydrogen-bond acceptors (Lipinski definition) is 7. The Kier molecular flexibility index (Phi) is 7.54. The van der Waals surface area contributed by atoms with E-state index in [-0.39, 0.29) is 13.1 Å². The van der Waals surface area contributed by atoms with Crippen LogP contribution in [0.5, 0.6) is 0 Å². The maximum atomic E-state index is 13.2. The number of amides is 4. The Morgan fingerprint density at radius 1 is 0.867 bits per heavy atom. The monoisotopic (exact) mass is 424 g/mol. The number of likely N-dealkylation sites (tertiary alicyclic amines) is 2. The quantitative estimate of drug-likeness (QED) is 0.349. The van der Waals surface area contributed by atoms with E-state index in [1.165, 1.54) is 9.80 Å². The van der Waals surface area contributed by atoms with Gasteiger partial charge in [-0.2, -0.15) is 9.28 Å². The molecule has 0 aromatic heterocycles. The number of hydrogen-bond donors (Lipinski definition) is 0. The summed E-state index contributed by atoms with van der Waals surface area (Å²) < 4.78 is 10.1. The molecular weight excluding hydrogens is 394 g/mol. The summed E-state index contributed by atoms with van der Waals surface area (Å²) in [7, 11) is 0. The van der Waals surface area contributed by atoms with Crippen LogP contribution in [-0.2, 0) is 28.7 Å². The molecule has 1 unspecified atom stereocenters. The Hall–Kier alpha value is -2.33. The molecule has 4 amide bonds. The topological polar surface area (TPSA) is 110 Å². The summed E-state index contributed by atoms with van der Waals surface area (Å²) in [6.07, 6.45) is 1.31. The molecule has 3 rings (SSSR count). The molecule has 3 saturated heterocycles. The van der Waals surface area contributed by atoms with Crippen LogP contribution in [0, 0.1) is 0 Å². The van der Waals surface area contributed by atoms with E-state index in [4.69, 9.17) is 9.47 Å². The fourth-order valence-corrected chi connectivity index (χ4v) is 4.29. The van der Waals surface area contributed by atoms with Crippen LogP contribution < -0.4 is 0 Å². The number of piperidine rings is 1. The molecule has 0 aliphatic carbocycles. The molecule has 0 N–H and O–H groups in total. The third-order valence-electron chi connectivity index (χ3n) is 6.07. The van der Waals surface area contributed by atoms with Crippen LogP contribution in [0.4, 0.5) is 4.79 Å². The van der Waals surface area contributed by atoms with E-state index in [0.29, 0.717) is 58.5 Å². The van der Waals surface area contributed by atoms with Crippen molar-refractivity contribution in [2.75, 3.05) is 52.5 Å². The molecule has 1 atom stereocenters. The minimum Gasteiger partial charge on any atom is -0.396 e. The fourth-order valence-electron chi connectivity index (χ4n) is 4.29. The summed E-state index contributed by atoms with van der Waals surface area (Å²) in [5.41, 5.74) is 0. The van der Waals surface area contributed by atoms with Gasteiger partial charge < -0.3 is 24.1 Å². The molecule has 3 aliphatic heterocycles. The van der Waals surface area contributed by atoms with Gasteiger partial charge in [0.2, 0.25) is 0 Å². The minimum absolute atomic E-state index is 0.210. The summed E-state index contributed by atoms with van der Waals surface area (Å²) in [6, 6.07) is 0. The highest BCUT2D eigenvalue weighted by Gasteiger charge is 2.50. The molecule has 10 heteroatoms. The molecule has 3 fully saturated rings. The number of ether oxygens (including phenoxy) is 2. The molecule has 3 heterocycles. The lowest BCUT2D eigenvalue weighted by molar-refractivity contribution is -0.788. The van der Waals surface area contributed by atoms with Gasteiger partial charge in [-0.15, -0.1) is 0 Å². The number of carbonyl (C=O) groups is 5. The summed E-state index contributed by atoms with van der Waals surface area (Å²) in [6.45, 7) is 2.75. The van der Waals surface area contributed by atoms with Gasteiger partial charge in [0, 0.05) is 26.2 Å². The second-order valence-corrected chi connectivity index (χ2v) is 7.97. The maximum Gasteiger partial charge on any atom is 0.524 e. The van der Waals surface area contributed by atoms with E-state index < -0.39 is 40.8 Å². The molecule has 3 aliphatic rings. The number of nitrogens with zero attached hydrogens (tertiary/aromatic N) is 3. The van der Waals surface area contributed by atoms with Crippen molar-refractivity contribution in [1.82, 2.24) is 9.80 Å². The molecule has 0 bridgehead atoms. The van der Waals surface area contributed by atoms with Crippen LogP contribution in [0.1, 0.15) is 38.5 Å². The zero-order valence-corrected chi connectivity index (χ0v) is 17.3. The van der Waals surface area contributed by atoms with Crippen LogP contribution in [0.3, 0.4) is 0 Å². The van der Waals surface area contributed by atoms with Gasteiger partial charge in [0.25, 0.3) is 17.9 Å². The van der Waals surface area contributed by atoms with Gasteiger partial charge in [-0.25, -0.2) is 4.79 Å². The Morgan fingerprint density at radius 3 is 2.00 bits per heavy atom. The van der Waals surface area contributed by atoms with Gasteiger partial charge in [0.05, 0.1) is 26.3 Å². The van der Waals surface area contributed by atoms with Crippen molar-refractivity contribution in [3.8, 4) is 0 Å². The largest absolute Gasteiger partial charge is 0.524 e. The van der Waals surface area contributed by atoms with Gasteiger partial charge in [0.15, 0.2) is 0 Å². The van der Waals surface area contributed by atoms with Crippen molar-refractivity contribution in [2.45, 2.75) is 44.6 Å². The molecule has 0 spiro atoms. The highest BCUT2D eigenvalue weighted by molar-refractivity contribution is 6.05. The predicted molar refractivity (Wildman–Crippen MR) is 103 cm³/mol. The highest BCUT2D eigenvalue weighted by atomic mass is 16.6. The van der Waals surface area contributed by atoms with Crippen molar-refractivity contribution in [3.05, 3.63) is 0 Å². The number of rotatable bonds is 5. The second-order valence-electron chi connectivity index (χ2n) is 7.97. The van der Waals surface area contributed by atoms with Crippen molar-refractivity contribution >= 4 is 30.1 Å². The van der Waals surface area contributed by atoms with Crippen molar-refractivity contribution in [2.24, 2.45) is 0 Å². The summed E-state index contributed by atoms with van der Waals surface area (Å²) in [5.74, 6) is -1.68. The first-order valence-corrected chi connectivity index (χ1v) is 10.7. The summed E-state index contributed by atoms with van der Waals surface area (Å²) >= 11 is 0. The van der Waals surface area contributed by atoms with E-state index in [1.54, 1.807) is 0 Å². The van der Waals surface area contributed by atoms with Gasteiger partial charge in [-0.1, -0.05) is 0 Å². The third kappa shape index (κ3) is 4.70. The number of carbonyl (C=O) groups excluding carboxylic acids is 5. The van der Waals surface area contributed by atoms with Crippen LogP contribution in [0.2, 0.25) is 0 Å². The van der Waals surface area contributed by atoms with E-state index in [1.807, 2.05) is 0 Å². The molecule has 10 nitrogen and oxygen atoms in total. The second kappa shape index (κ2) is 10.1. The van der Waals surface area contributed by atoms with Crippen LogP contribution in [0.25, 0.3) is 0 Å². The van der Waals surface area contributed by atoms with Crippen molar-refractivity contribution < 1.29 is 37.9 Å². The van der Waals surface area contributed by atoms with E-state index in [2.05, 4.69) is 0 Å². The molecule has 0 radical (unpaired) electrons. The Morgan fingerprint density at radius 2 is 1.43 bits per heavy atom. The van der Waals surface area contributed by atoms with Crippen LogP contribution in [0.15, 0.2) is 0 Å². The predicted octanol–water partition coefficient (Wildman–Crippen LogP) is 0.0891. The zero-order valence-electron chi connectivity index (χ0n) is 17.3. The fraction of sp³-hybridized carbons (Fsp3) is 0.750. The average Bonchev–Trinajstić information content (AvgIpc) is 3.32. The first kappa shape index (κ1) is 22.4. The van der Waals surface area contributed by atoms with Gasteiger partial charge in [-0.05, 0) is 32.1 Å². The SMILES string of the molecule is O=CCC(=O)[N+]1(C(=O)OC(C(=O)N2CCCC2)C(=O)N2CCOCC2)CCCCC1. The van der Waals surface area contributed by atoms with E-state index >= 15 is 0 Å². The van der Waals surface area contributed by atoms with Crippen LogP contribution >= 0.6 is 0 Å². The van der Waals surface area contributed by atoms with Crippen molar-refractivity contribution in [3.63, 3.8) is 0 Å². The summed E-state index contributed by atoms with van der Waals surface area (Å²) in [4.78, 5) is 66.0. The summed E-state index contributed by atoms with van der Waals surface area (Å²) in [5, 5.41) is 0. The van der Waals surface area contributed by atoms with Gasteiger partial charge in [-0.3, -0.25) is 9.59 Å².